The highest BCUT2D eigenvalue weighted by Crippen LogP contribution is 2.11. The van der Waals surface area contributed by atoms with Gasteiger partial charge in [-0.05, 0) is 12.1 Å². The Kier molecular flexibility index (Phi) is 4.99. The minimum atomic E-state index is -1.59. The third-order valence-corrected chi connectivity index (χ3v) is 2.69. The Morgan fingerprint density at radius 2 is 1.47 bits per heavy atom. The van der Waals surface area contributed by atoms with Crippen LogP contribution in [0.4, 0.5) is 0 Å². The smallest absolute Gasteiger partial charge is 0.336 e. The van der Waals surface area contributed by atoms with Gasteiger partial charge < -0.3 is 25.7 Å². The molecule has 0 aliphatic rings. The van der Waals surface area contributed by atoms with Crippen molar-refractivity contribution in [2.24, 2.45) is 0 Å². The van der Waals surface area contributed by atoms with Crippen molar-refractivity contribution in [1.82, 2.24) is 5.32 Å². The predicted molar refractivity (Wildman–Crippen MR) is 64.9 cm³/mol. The highest BCUT2D eigenvalue weighted by atomic mass is 16.4. The lowest BCUT2D eigenvalue weighted by Crippen LogP contribution is -2.57. The molecule has 0 bridgehead atoms. The quantitative estimate of drug-likeness (QED) is 0.443. The fourth-order valence-corrected chi connectivity index (χ4v) is 1.44. The highest BCUT2D eigenvalue weighted by Gasteiger charge is 2.31. The maximum absolute atomic E-state index is 12.0. The number of carboxylic acid groups (broad SMARTS) is 1. The molecular formula is C12H15NO6. The van der Waals surface area contributed by atoms with Gasteiger partial charge in [-0.2, -0.15) is 0 Å². The molecule has 104 valence electrons. The van der Waals surface area contributed by atoms with Crippen molar-refractivity contribution in [3.8, 4) is 0 Å². The largest absolute Gasteiger partial charge is 0.478 e. The molecular weight excluding hydrogens is 254 g/mol. The average molecular weight is 269 g/mol. The maximum atomic E-state index is 12.0. The van der Waals surface area contributed by atoms with Gasteiger partial charge in [0.2, 0.25) is 0 Å². The summed E-state index contributed by atoms with van der Waals surface area (Å²) in [6, 6.07) is 5.52. The fraction of sp³-hybridized carbons (Fsp3) is 0.333. The number of aliphatic hydroxyl groups is 3. The minimum Gasteiger partial charge on any atom is -0.478 e. The van der Waals surface area contributed by atoms with Gasteiger partial charge in [0.05, 0.1) is 30.9 Å². The van der Waals surface area contributed by atoms with Gasteiger partial charge in [-0.15, -0.1) is 0 Å². The molecule has 5 N–H and O–H groups in total. The van der Waals surface area contributed by atoms with Crippen LogP contribution in [-0.2, 0) is 0 Å². The van der Waals surface area contributed by atoms with Crippen LogP contribution in [-0.4, -0.2) is 57.7 Å². The Hall–Kier alpha value is -1.96. The zero-order valence-corrected chi connectivity index (χ0v) is 10.0. The number of carbonyl (C=O) groups excluding carboxylic acids is 1. The van der Waals surface area contributed by atoms with Gasteiger partial charge in [0.15, 0.2) is 0 Å². The number of hydrogen-bond donors (Lipinski definition) is 5. The summed E-state index contributed by atoms with van der Waals surface area (Å²) in [5.41, 5.74) is -1.92. The molecule has 0 fully saturated rings. The Balaban J connectivity index is 3.05. The van der Waals surface area contributed by atoms with Gasteiger partial charge in [0.25, 0.3) is 5.91 Å². The molecule has 1 aromatic rings. The molecule has 1 rings (SSSR count). The molecule has 0 radical (unpaired) electrons. The van der Waals surface area contributed by atoms with E-state index in [0.29, 0.717) is 0 Å². The second kappa shape index (κ2) is 6.28. The van der Waals surface area contributed by atoms with Crippen LogP contribution in [0.15, 0.2) is 24.3 Å². The summed E-state index contributed by atoms with van der Waals surface area (Å²) in [5, 5.41) is 38.5. The van der Waals surface area contributed by atoms with E-state index in [-0.39, 0.29) is 11.1 Å². The number of amides is 1. The third kappa shape index (κ3) is 3.28. The molecule has 1 aromatic carbocycles. The van der Waals surface area contributed by atoms with Gasteiger partial charge in [0, 0.05) is 0 Å². The molecule has 7 nitrogen and oxygen atoms in total. The number of aliphatic hydroxyl groups excluding tert-OH is 3. The molecule has 1 amide bonds. The molecule has 0 aliphatic heterocycles. The predicted octanol–water partition coefficient (Wildman–Crippen LogP) is -1.17. The van der Waals surface area contributed by atoms with Crippen LogP contribution in [0.3, 0.4) is 0 Å². The van der Waals surface area contributed by atoms with E-state index in [1.54, 1.807) is 0 Å². The van der Waals surface area contributed by atoms with Crippen LogP contribution in [0.5, 0.6) is 0 Å². The number of hydrogen-bond acceptors (Lipinski definition) is 5. The van der Waals surface area contributed by atoms with Gasteiger partial charge in [-0.3, -0.25) is 4.79 Å². The number of carboxylic acids is 1. The van der Waals surface area contributed by atoms with Gasteiger partial charge in [-0.25, -0.2) is 4.79 Å². The van der Waals surface area contributed by atoms with Crippen molar-refractivity contribution in [3.63, 3.8) is 0 Å². The first-order valence-electron chi connectivity index (χ1n) is 5.47. The lowest BCUT2D eigenvalue weighted by molar-refractivity contribution is 0.0374. The first-order valence-corrected chi connectivity index (χ1v) is 5.47. The average Bonchev–Trinajstić information content (AvgIpc) is 2.44. The van der Waals surface area contributed by atoms with E-state index in [2.05, 4.69) is 5.32 Å². The number of benzene rings is 1. The van der Waals surface area contributed by atoms with Crippen LogP contribution in [0.25, 0.3) is 0 Å². The van der Waals surface area contributed by atoms with E-state index >= 15 is 0 Å². The minimum absolute atomic E-state index is 0.116. The van der Waals surface area contributed by atoms with E-state index in [9.17, 15) is 9.59 Å². The number of aromatic carboxylic acids is 1. The van der Waals surface area contributed by atoms with Crippen LogP contribution >= 0.6 is 0 Å². The van der Waals surface area contributed by atoms with Crippen LogP contribution in [0, 0.1) is 0 Å². The molecule has 0 spiro atoms. The third-order valence-electron chi connectivity index (χ3n) is 2.69. The van der Waals surface area contributed by atoms with E-state index in [1.807, 2.05) is 0 Å². The second-order valence-electron chi connectivity index (χ2n) is 4.06. The van der Waals surface area contributed by atoms with Crippen LogP contribution in [0.1, 0.15) is 20.7 Å². The molecule has 0 aliphatic carbocycles. The molecule has 19 heavy (non-hydrogen) atoms. The standard InChI is InChI=1S/C12H15NO6/c14-5-12(6-15,7-16)13-10(17)8-3-1-2-4-9(8)11(18)19/h1-4,14-16H,5-7H2,(H,13,17)(H,18,19). The van der Waals surface area contributed by atoms with Crippen molar-refractivity contribution in [3.05, 3.63) is 35.4 Å². The molecule has 0 unspecified atom stereocenters. The van der Waals surface area contributed by atoms with Crippen molar-refractivity contribution in [2.45, 2.75) is 5.54 Å². The molecule has 7 heteroatoms. The monoisotopic (exact) mass is 269 g/mol. The summed E-state index contributed by atoms with van der Waals surface area (Å²) in [6.07, 6.45) is 0. The van der Waals surface area contributed by atoms with E-state index in [1.165, 1.54) is 24.3 Å². The summed E-state index contributed by atoms with van der Waals surface area (Å²) in [6.45, 7) is -2.04. The van der Waals surface area contributed by atoms with Crippen molar-refractivity contribution < 1.29 is 30.0 Å². The van der Waals surface area contributed by atoms with Gasteiger partial charge in [0.1, 0.15) is 5.54 Å². The van der Waals surface area contributed by atoms with Gasteiger partial charge in [-0.1, -0.05) is 12.1 Å². The second-order valence-corrected chi connectivity index (χ2v) is 4.06. The summed E-state index contributed by atoms with van der Waals surface area (Å²) in [4.78, 5) is 22.9. The fourth-order valence-electron chi connectivity index (χ4n) is 1.44. The first kappa shape index (κ1) is 15.1. The Bertz CT molecular complexity index is 461. The zero-order chi connectivity index (χ0) is 14.5. The number of rotatable bonds is 6. The van der Waals surface area contributed by atoms with E-state index < -0.39 is 37.2 Å². The lowest BCUT2D eigenvalue weighted by Gasteiger charge is -2.28. The summed E-state index contributed by atoms with van der Waals surface area (Å²) in [5.74, 6) is -2.07. The molecule has 0 saturated heterocycles. The Morgan fingerprint density at radius 1 is 1.00 bits per heavy atom. The molecule has 0 saturated carbocycles. The van der Waals surface area contributed by atoms with Crippen LogP contribution in [0.2, 0.25) is 0 Å². The SMILES string of the molecule is O=C(O)c1ccccc1C(=O)NC(CO)(CO)CO. The molecule has 0 atom stereocenters. The number of carbonyl (C=O) groups is 2. The van der Waals surface area contributed by atoms with Crippen molar-refractivity contribution in [2.75, 3.05) is 19.8 Å². The topological polar surface area (TPSA) is 127 Å². The first-order chi connectivity index (χ1) is 8.99. The summed E-state index contributed by atoms with van der Waals surface area (Å²) >= 11 is 0. The lowest BCUT2D eigenvalue weighted by atomic mass is 10.0. The summed E-state index contributed by atoms with van der Waals surface area (Å²) < 4.78 is 0. The van der Waals surface area contributed by atoms with Crippen LogP contribution < -0.4 is 5.32 Å². The zero-order valence-electron chi connectivity index (χ0n) is 10.0. The van der Waals surface area contributed by atoms with E-state index in [0.717, 1.165) is 0 Å². The number of nitrogens with one attached hydrogen (secondary N) is 1. The highest BCUT2D eigenvalue weighted by molar-refractivity contribution is 6.05. The summed E-state index contributed by atoms with van der Waals surface area (Å²) in [7, 11) is 0. The normalized spacial score (nSPS) is 11.1. The van der Waals surface area contributed by atoms with E-state index in [4.69, 9.17) is 20.4 Å². The maximum Gasteiger partial charge on any atom is 0.336 e. The Morgan fingerprint density at radius 3 is 1.89 bits per heavy atom. The Labute approximate surface area is 109 Å². The van der Waals surface area contributed by atoms with Crippen molar-refractivity contribution in [1.29, 1.82) is 0 Å². The van der Waals surface area contributed by atoms with Crippen molar-refractivity contribution >= 4 is 11.9 Å². The molecule has 0 aromatic heterocycles. The molecule has 0 heterocycles. The van der Waals surface area contributed by atoms with Gasteiger partial charge >= 0.3 is 5.97 Å².